The Morgan fingerprint density at radius 2 is 2.09 bits per heavy atom. The molecule has 34 heavy (non-hydrogen) atoms. The summed E-state index contributed by atoms with van der Waals surface area (Å²) >= 11 is 1.24. The van der Waals surface area contributed by atoms with E-state index in [2.05, 4.69) is 16.7 Å². The number of nitriles is 1. The molecule has 0 unspecified atom stereocenters. The first-order valence-electron chi connectivity index (χ1n) is 11.0. The number of carbonyl (C=O) groups excluding carboxylic acids is 2. The fraction of sp³-hybridized carbons (Fsp3) is 0.269. The van der Waals surface area contributed by atoms with Crippen LogP contribution in [0.1, 0.15) is 36.3 Å². The zero-order valence-corrected chi connectivity index (χ0v) is 19.8. The number of nitrogens with zero attached hydrogens (tertiary/aromatic N) is 1. The van der Waals surface area contributed by atoms with Crippen molar-refractivity contribution in [3.8, 4) is 17.6 Å². The third-order valence-electron chi connectivity index (χ3n) is 5.97. The standard InChI is InChI=1S/C26H25N3O4S/c1-15-6-3-4-7-18(15)28-23(32)14-34-26-17(13-27)24(16-10-11-20(30)22(12-16)33-2)25-19(29-26)8-5-9-21(25)31/h3-4,6-7,10-12,24,29-30H,5,8-9,14H2,1-2H3,(H,28,32)/t24-/m1/s1. The number of hydrogen-bond acceptors (Lipinski definition) is 7. The van der Waals surface area contributed by atoms with Gasteiger partial charge in [0.15, 0.2) is 17.3 Å². The number of carbonyl (C=O) groups is 2. The Balaban J connectivity index is 1.66. The summed E-state index contributed by atoms with van der Waals surface area (Å²) in [6.45, 7) is 1.92. The average molecular weight is 476 g/mol. The lowest BCUT2D eigenvalue weighted by atomic mass is 9.77. The smallest absolute Gasteiger partial charge is 0.234 e. The van der Waals surface area contributed by atoms with E-state index < -0.39 is 5.92 Å². The van der Waals surface area contributed by atoms with Crippen molar-refractivity contribution in [1.82, 2.24) is 5.32 Å². The monoisotopic (exact) mass is 475 g/mol. The minimum Gasteiger partial charge on any atom is -0.504 e. The molecule has 1 atom stereocenters. The van der Waals surface area contributed by atoms with Crippen LogP contribution in [0.3, 0.4) is 0 Å². The molecule has 1 amide bonds. The fourth-order valence-electron chi connectivity index (χ4n) is 4.28. The van der Waals surface area contributed by atoms with Crippen molar-refractivity contribution in [2.24, 2.45) is 0 Å². The Kier molecular flexibility index (Phi) is 6.94. The van der Waals surface area contributed by atoms with Crippen LogP contribution in [-0.2, 0) is 9.59 Å². The number of aromatic hydroxyl groups is 1. The highest BCUT2D eigenvalue weighted by Gasteiger charge is 2.37. The summed E-state index contributed by atoms with van der Waals surface area (Å²) in [7, 11) is 1.45. The molecule has 1 aliphatic heterocycles. The average Bonchev–Trinajstić information content (AvgIpc) is 2.84. The number of methoxy groups -OCH3 is 1. The van der Waals surface area contributed by atoms with E-state index in [0.29, 0.717) is 34.6 Å². The van der Waals surface area contributed by atoms with Crippen molar-refractivity contribution in [3.05, 3.63) is 75.5 Å². The highest BCUT2D eigenvalue weighted by molar-refractivity contribution is 8.03. The van der Waals surface area contributed by atoms with Crippen LogP contribution in [0.25, 0.3) is 0 Å². The highest BCUT2D eigenvalue weighted by Crippen LogP contribution is 2.45. The molecular formula is C26H25N3O4S. The topological polar surface area (TPSA) is 111 Å². The number of rotatable bonds is 6. The molecule has 1 aliphatic carbocycles. The van der Waals surface area contributed by atoms with Crippen LogP contribution in [0.4, 0.5) is 5.69 Å². The lowest BCUT2D eigenvalue weighted by Crippen LogP contribution is -2.31. The molecule has 0 spiro atoms. The first-order valence-corrected chi connectivity index (χ1v) is 11.9. The number of para-hydroxylation sites is 1. The normalized spacial score (nSPS) is 17.6. The molecule has 2 aromatic carbocycles. The first-order chi connectivity index (χ1) is 16.4. The van der Waals surface area contributed by atoms with Gasteiger partial charge in [0.05, 0.1) is 35.5 Å². The molecule has 4 rings (SSSR count). The summed E-state index contributed by atoms with van der Waals surface area (Å²) < 4.78 is 5.26. The van der Waals surface area contributed by atoms with Crippen LogP contribution in [-0.4, -0.2) is 29.7 Å². The number of ether oxygens (including phenoxy) is 1. The van der Waals surface area contributed by atoms with Crippen LogP contribution in [0.5, 0.6) is 11.5 Å². The number of thioether (sulfide) groups is 1. The summed E-state index contributed by atoms with van der Waals surface area (Å²) in [6, 6.07) is 14.7. The second kappa shape index (κ2) is 10.1. The number of phenolic OH excluding ortho intramolecular Hbond substituents is 1. The summed E-state index contributed by atoms with van der Waals surface area (Å²) in [5, 5.41) is 26.9. The van der Waals surface area contributed by atoms with E-state index in [-0.39, 0.29) is 28.9 Å². The minimum absolute atomic E-state index is 0.000104. The third kappa shape index (κ3) is 4.66. The lowest BCUT2D eigenvalue weighted by Gasteiger charge is -2.33. The van der Waals surface area contributed by atoms with Gasteiger partial charge in [-0.3, -0.25) is 9.59 Å². The van der Waals surface area contributed by atoms with E-state index >= 15 is 0 Å². The second-order valence-electron chi connectivity index (χ2n) is 8.16. The van der Waals surface area contributed by atoms with Gasteiger partial charge in [0.2, 0.25) is 5.91 Å². The Hall–Kier alpha value is -3.70. The molecule has 0 saturated carbocycles. The zero-order valence-electron chi connectivity index (χ0n) is 19.0. The predicted molar refractivity (Wildman–Crippen MR) is 131 cm³/mol. The maximum absolute atomic E-state index is 12.9. The molecule has 7 nitrogen and oxygen atoms in total. The lowest BCUT2D eigenvalue weighted by molar-refractivity contribution is -0.116. The molecule has 0 aromatic heterocycles. The molecular weight excluding hydrogens is 450 g/mol. The number of aryl methyl sites for hydroxylation is 1. The Morgan fingerprint density at radius 1 is 1.29 bits per heavy atom. The van der Waals surface area contributed by atoms with Crippen LogP contribution < -0.4 is 15.4 Å². The van der Waals surface area contributed by atoms with Crippen molar-refractivity contribution < 1.29 is 19.4 Å². The molecule has 8 heteroatoms. The molecule has 0 fully saturated rings. The van der Waals surface area contributed by atoms with Gasteiger partial charge >= 0.3 is 0 Å². The molecule has 0 saturated heterocycles. The van der Waals surface area contributed by atoms with Crippen molar-refractivity contribution in [3.63, 3.8) is 0 Å². The summed E-state index contributed by atoms with van der Waals surface area (Å²) in [5.41, 5.74) is 4.12. The molecule has 174 valence electrons. The molecule has 1 heterocycles. The van der Waals surface area contributed by atoms with Crippen LogP contribution >= 0.6 is 11.8 Å². The molecule has 0 radical (unpaired) electrons. The second-order valence-corrected chi connectivity index (χ2v) is 9.15. The number of ketones is 1. The van der Waals surface area contributed by atoms with Gasteiger partial charge in [-0.15, -0.1) is 0 Å². The number of phenols is 1. The molecule has 3 N–H and O–H groups in total. The van der Waals surface area contributed by atoms with E-state index in [0.717, 1.165) is 23.4 Å². The van der Waals surface area contributed by atoms with Gasteiger partial charge in [0.25, 0.3) is 0 Å². The van der Waals surface area contributed by atoms with Crippen LogP contribution in [0.15, 0.2) is 64.3 Å². The van der Waals surface area contributed by atoms with Crippen LogP contribution in [0, 0.1) is 18.3 Å². The predicted octanol–water partition coefficient (Wildman–Crippen LogP) is 4.51. The van der Waals surface area contributed by atoms with E-state index in [1.807, 2.05) is 31.2 Å². The number of nitrogens with one attached hydrogen (secondary N) is 2. The van der Waals surface area contributed by atoms with E-state index in [9.17, 15) is 20.0 Å². The van der Waals surface area contributed by atoms with Gasteiger partial charge in [0.1, 0.15) is 0 Å². The summed E-state index contributed by atoms with van der Waals surface area (Å²) in [6.07, 6.45) is 1.83. The number of allylic oxidation sites excluding steroid dienone is 3. The molecule has 2 aromatic rings. The Labute approximate surface area is 202 Å². The largest absolute Gasteiger partial charge is 0.504 e. The van der Waals surface area contributed by atoms with E-state index in [1.165, 1.54) is 24.9 Å². The number of anilines is 1. The van der Waals surface area contributed by atoms with E-state index in [4.69, 9.17) is 4.74 Å². The van der Waals surface area contributed by atoms with Crippen LogP contribution in [0.2, 0.25) is 0 Å². The highest BCUT2D eigenvalue weighted by atomic mass is 32.2. The van der Waals surface area contributed by atoms with Gasteiger partial charge in [-0.05, 0) is 49.1 Å². The van der Waals surface area contributed by atoms with Gasteiger partial charge in [-0.25, -0.2) is 0 Å². The maximum atomic E-state index is 12.9. The van der Waals surface area contributed by atoms with Gasteiger partial charge in [-0.2, -0.15) is 5.26 Å². The van der Waals surface area contributed by atoms with E-state index in [1.54, 1.807) is 12.1 Å². The number of amides is 1. The maximum Gasteiger partial charge on any atom is 0.234 e. The minimum atomic E-state index is -0.592. The number of hydrogen-bond donors (Lipinski definition) is 3. The third-order valence-corrected chi connectivity index (χ3v) is 6.98. The molecule has 2 aliphatic rings. The number of Topliss-reactive ketones (excluding diaryl/α,β-unsaturated/α-hetero) is 1. The zero-order chi connectivity index (χ0) is 24.2. The van der Waals surface area contributed by atoms with Gasteiger partial charge < -0.3 is 20.5 Å². The summed E-state index contributed by atoms with van der Waals surface area (Å²) in [5.74, 6) is -0.428. The van der Waals surface area contributed by atoms with Gasteiger partial charge in [0, 0.05) is 23.4 Å². The SMILES string of the molecule is COc1cc([C@@H]2C(C#N)=C(SCC(=O)Nc3ccccc3C)NC3=C2C(=O)CCC3)ccc1O. The van der Waals surface area contributed by atoms with Gasteiger partial charge in [-0.1, -0.05) is 36.0 Å². The fourth-order valence-corrected chi connectivity index (χ4v) is 5.14. The molecule has 0 bridgehead atoms. The van der Waals surface area contributed by atoms with Crippen molar-refractivity contribution in [2.75, 3.05) is 18.2 Å². The summed E-state index contributed by atoms with van der Waals surface area (Å²) in [4.78, 5) is 25.6. The number of benzene rings is 2. The quantitative estimate of drug-likeness (QED) is 0.564. The Bertz CT molecular complexity index is 1260. The van der Waals surface area contributed by atoms with Crippen molar-refractivity contribution >= 4 is 29.1 Å². The number of dihydropyridines is 1. The van der Waals surface area contributed by atoms with Crippen molar-refractivity contribution in [1.29, 1.82) is 5.26 Å². The first kappa shape index (κ1) is 23.5. The van der Waals surface area contributed by atoms with Crippen molar-refractivity contribution in [2.45, 2.75) is 32.1 Å². The Morgan fingerprint density at radius 3 is 2.82 bits per heavy atom.